The van der Waals surface area contributed by atoms with Crippen molar-refractivity contribution in [2.45, 2.75) is 6.92 Å². The van der Waals surface area contributed by atoms with Crippen molar-refractivity contribution in [1.29, 1.82) is 0 Å². The molecular weight excluding hydrogens is 230 g/mol. The number of halogens is 1. The molecule has 0 bridgehead atoms. The molecule has 0 aromatic heterocycles. The zero-order chi connectivity index (χ0) is 11.9. The molecule has 1 aromatic carbocycles. The Balaban J connectivity index is 2.44. The van der Waals surface area contributed by atoms with E-state index in [1.165, 1.54) is 0 Å². The average molecular weight is 238 g/mol. The number of amides is 2. The molecule has 0 unspecified atom stereocenters. The second-order valence-corrected chi connectivity index (χ2v) is 4.02. The zero-order valence-electron chi connectivity index (χ0n) is 8.49. The SMILES string of the molecule is Cc1ccc2c(c1)C(=O)N(CC(=O)Cl)C2=O. The van der Waals surface area contributed by atoms with Gasteiger partial charge in [-0.1, -0.05) is 11.6 Å². The minimum atomic E-state index is -0.730. The molecule has 4 nitrogen and oxygen atoms in total. The Labute approximate surface area is 96.8 Å². The summed E-state index contributed by atoms with van der Waals surface area (Å²) in [5, 5.41) is -0.730. The molecule has 1 aliphatic rings. The van der Waals surface area contributed by atoms with Crippen LogP contribution in [0.2, 0.25) is 0 Å². The first-order chi connectivity index (χ1) is 7.50. The molecule has 0 aliphatic carbocycles. The molecule has 0 saturated heterocycles. The van der Waals surface area contributed by atoms with E-state index in [0.29, 0.717) is 11.1 Å². The van der Waals surface area contributed by atoms with Gasteiger partial charge in [0.1, 0.15) is 6.54 Å². The summed E-state index contributed by atoms with van der Waals surface area (Å²) in [6.45, 7) is 1.44. The molecule has 0 N–H and O–H groups in total. The zero-order valence-corrected chi connectivity index (χ0v) is 9.25. The molecule has 82 valence electrons. The Kier molecular flexibility index (Phi) is 2.52. The third-order valence-corrected chi connectivity index (χ3v) is 2.53. The molecule has 0 spiro atoms. The van der Waals surface area contributed by atoms with Crippen LogP contribution in [0.25, 0.3) is 0 Å². The predicted octanol–water partition coefficient (Wildman–Crippen LogP) is 1.36. The van der Waals surface area contributed by atoms with Crippen molar-refractivity contribution in [2.24, 2.45) is 0 Å². The maximum Gasteiger partial charge on any atom is 0.262 e. The van der Waals surface area contributed by atoms with Crippen molar-refractivity contribution in [3.8, 4) is 0 Å². The van der Waals surface area contributed by atoms with E-state index in [0.717, 1.165) is 10.5 Å². The summed E-state index contributed by atoms with van der Waals surface area (Å²) in [5.74, 6) is -0.924. The summed E-state index contributed by atoms with van der Waals surface area (Å²) < 4.78 is 0. The molecule has 2 amide bonds. The monoisotopic (exact) mass is 237 g/mol. The minimum Gasteiger partial charge on any atom is -0.279 e. The van der Waals surface area contributed by atoms with E-state index in [1.54, 1.807) is 18.2 Å². The van der Waals surface area contributed by atoms with Crippen LogP contribution in [-0.4, -0.2) is 28.5 Å². The third kappa shape index (κ3) is 1.61. The first-order valence-electron chi connectivity index (χ1n) is 4.66. The highest BCUT2D eigenvalue weighted by atomic mass is 35.5. The Morgan fingerprint density at radius 3 is 2.50 bits per heavy atom. The van der Waals surface area contributed by atoms with E-state index >= 15 is 0 Å². The molecule has 0 radical (unpaired) electrons. The lowest BCUT2D eigenvalue weighted by molar-refractivity contribution is -0.112. The lowest BCUT2D eigenvalue weighted by Crippen LogP contribution is -2.33. The van der Waals surface area contributed by atoms with Gasteiger partial charge < -0.3 is 0 Å². The first kappa shape index (κ1) is 10.8. The number of rotatable bonds is 2. The van der Waals surface area contributed by atoms with Crippen LogP contribution < -0.4 is 0 Å². The Morgan fingerprint density at radius 2 is 1.88 bits per heavy atom. The maximum atomic E-state index is 11.8. The number of carbonyl (C=O) groups excluding carboxylic acids is 3. The highest BCUT2D eigenvalue weighted by Gasteiger charge is 2.36. The van der Waals surface area contributed by atoms with Crippen LogP contribution >= 0.6 is 11.6 Å². The molecule has 0 atom stereocenters. The molecule has 5 heteroatoms. The van der Waals surface area contributed by atoms with E-state index in [-0.39, 0.29) is 6.54 Å². The summed E-state index contributed by atoms with van der Waals surface area (Å²) in [4.78, 5) is 35.1. The van der Waals surface area contributed by atoms with Gasteiger partial charge in [-0.3, -0.25) is 19.3 Å². The molecule has 2 rings (SSSR count). The number of nitrogens with zero attached hydrogens (tertiary/aromatic N) is 1. The average Bonchev–Trinajstić information content (AvgIpc) is 2.43. The fraction of sp³-hybridized carbons (Fsp3) is 0.182. The van der Waals surface area contributed by atoms with E-state index in [2.05, 4.69) is 0 Å². The largest absolute Gasteiger partial charge is 0.279 e. The number of carbonyl (C=O) groups is 3. The number of fused-ring (bicyclic) bond motifs is 1. The maximum absolute atomic E-state index is 11.8. The normalized spacial score (nSPS) is 14.2. The quantitative estimate of drug-likeness (QED) is 0.576. The van der Waals surface area contributed by atoms with E-state index < -0.39 is 17.1 Å². The molecule has 1 aliphatic heterocycles. The van der Waals surface area contributed by atoms with Crippen LogP contribution in [0, 0.1) is 6.92 Å². The molecule has 1 aromatic rings. The van der Waals surface area contributed by atoms with Crippen molar-refractivity contribution in [3.05, 3.63) is 34.9 Å². The van der Waals surface area contributed by atoms with E-state index in [4.69, 9.17) is 11.6 Å². The van der Waals surface area contributed by atoms with Gasteiger partial charge in [0.25, 0.3) is 11.8 Å². The van der Waals surface area contributed by atoms with Crippen LogP contribution in [-0.2, 0) is 4.79 Å². The predicted molar refractivity (Wildman–Crippen MR) is 57.4 cm³/mol. The standard InChI is InChI=1S/C11H8ClNO3/c1-6-2-3-7-8(4-6)11(16)13(10(7)15)5-9(12)14/h2-4H,5H2,1H3. The van der Waals surface area contributed by atoms with Crippen LogP contribution in [0.1, 0.15) is 26.3 Å². The van der Waals surface area contributed by atoms with Gasteiger partial charge >= 0.3 is 0 Å². The number of hydrogen-bond acceptors (Lipinski definition) is 3. The summed E-state index contributed by atoms with van der Waals surface area (Å²) >= 11 is 5.18. The molecule has 16 heavy (non-hydrogen) atoms. The fourth-order valence-corrected chi connectivity index (χ4v) is 1.79. The highest BCUT2D eigenvalue weighted by Crippen LogP contribution is 2.23. The number of hydrogen-bond donors (Lipinski definition) is 0. The highest BCUT2D eigenvalue weighted by molar-refractivity contribution is 6.64. The van der Waals surface area contributed by atoms with Crippen LogP contribution in [0.5, 0.6) is 0 Å². The molecule has 0 fully saturated rings. The van der Waals surface area contributed by atoms with Crippen molar-refractivity contribution in [1.82, 2.24) is 4.90 Å². The number of aryl methyl sites for hydroxylation is 1. The Hall–Kier alpha value is -1.68. The smallest absolute Gasteiger partial charge is 0.262 e. The first-order valence-corrected chi connectivity index (χ1v) is 5.03. The van der Waals surface area contributed by atoms with Crippen molar-refractivity contribution >= 4 is 28.7 Å². The number of imide groups is 1. The Morgan fingerprint density at radius 1 is 1.25 bits per heavy atom. The Bertz CT molecular complexity index is 510. The third-order valence-electron chi connectivity index (χ3n) is 2.41. The summed E-state index contributed by atoms with van der Waals surface area (Å²) in [5.41, 5.74) is 1.55. The lowest BCUT2D eigenvalue weighted by Gasteiger charge is -2.09. The molecular formula is C11H8ClNO3. The summed E-state index contributed by atoms with van der Waals surface area (Å²) in [7, 11) is 0. The number of benzene rings is 1. The summed E-state index contributed by atoms with van der Waals surface area (Å²) in [6, 6.07) is 4.97. The topological polar surface area (TPSA) is 54.5 Å². The van der Waals surface area contributed by atoms with E-state index in [1.807, 2.05) is 6.92 Å². The van der Waals surface area contributed by atoms with Gasteiger partial charge in [-0.25, -0.2) is 0 Å². The fourth-order valence-electron chi connectivity index (χ4n) is 1.67. The lowest BCUT2D eigenvalue weighted by atomic mass is 10.1. The van der Waals surface area contributed by atoms with E-state index in [9.17, 15) is 14.4 Å². The van der Waals surface area contributed by atoms with Crippen molar-refractivity contribution in [2.75, 3.05) is 6.54 Å². The molecule has 1 heterocycles. The van der Waals surface area contributed by atoms with Gasteiger partial charge in [0.15, 0.2) is 0 Å². The van der Waals surface area contributed by atoms with Gasteiger partial charge in [-0.2, -0.15) is 0 Å². The molecule has 0 saturated carbocycles. The van der Waals surface area contributed by atoms with Gasteiger partial charge in [-0.05, 0) is 30.7 Å². The van der Waals surface area contributed by atoms with Gasteiger partial charge in [0.05, 0.1) is 11.1 Å². The van der Waals surface area contributed by atoms with Gasteiger partial charge in [-0.15, -0.1) is 0 Å². The van der Waals surface area contributed by atoms with Gasteiger partial charge in [0.2, 0.25) is 5.24 Å². The van der Waals surface area contributed by atoms with Crippen LogP contribution in [0.15, 0.2) is 18.2 Å². The van der Waals surface area contributed by atoms with Crippen LogP contribution in [0.4, 0.5) is 0 Å². The van der Waals surface area contributed by atoms with Crippen LogP contribution in [0.3, 0.4) is 0 Å². The minimum absolute atomic E-state index is 0.327. The second kappa shape index (κ2) is 3.72. The summed E-state index contributed by atoms with van der Waals surface area (Å²) in [6.07, 6.45) is 0. The van der Waals surface area contributed by atoms with Crippen molar-refractivity contribution in [3.63, 3.8) is 0 Å². The van der Waals surface area contributed by atoms with Gasteiger partial charge in [0, 0.05) is 0 Å². The van der Waals surface area contributed by atoms with Crippen molar-refractivity contribution < 1.29 is 14.4 Å². The second-order valence-electron chi connectivity index (χ2n) is 3.60.